The maximum Gasteiger partial charge on any atom is 0.292 e. The first-order valence-corrected chi connectivity index (χ1v) is 7.95. The summed E-state index contributed by atoms with van der Waals surface area (Å²) in [5.74, 6) is 2.54. The van der Waals surface area contributed by atoms with Crippen LogP contribution in [0.3, 0.4) is 0 Å². The van der Waals surface area contributed by atoms with E-state index in [2.05, 4.69) is 29.3 Å². The minimum atomic E-state index is -0.236. The second-order valence-electron chi connectivity index (χ2n) is 7.31. The maximum atomic E-state index is 12.1. The zero-order chi connectivity index (χ0) is 15.6. The lowest BCUT2D eigenvalue weighted by molar-refractivity contribution is 0.0930. The summed E-state index contributed by atoms with van der Waals surface area (Å²) in [5, 5.41) is 6.75. The Labute approximate surface area is 126 Å². The Kier molecular flexibility index (Phi) is 4.69. The third-order valence-electron chi connectivity index (χ3n) is 4.23. The summed E-state index contributed by atoms with van der Waals surface area (Å²) in [5.41, 5.74) is -0.236. The molecule has 3 unspecified atom stereocenters. The molecule has 3 atom stereocenters. The van der Waals surface area contributed by atoms with Crippen molar-refractivity contribution in [2.24, 2.45) is 17.8 Å². The summed E-state index contributed by atoms with van der Waals surface area (Å²) >= 11 is 0. The molecular weight excluding hydrogens is 266 g/mol. The summed E-state index contributed by atoms with van der Waals surface area (Å²) in [6.45, 7) is 11.1. The van der Waals surface area contributed by atoms with E-state index >= 15 is 0 Å². The largest absolute Gasteiger partial charge is 0.349 e. The molecular formula is C16H27N3O2. The van der Waals surface area contributed by atoms with Gasteiger partial charge in [0.2, 0.25) is 5.89 Å². The van der Waals surface area contributed by atoms with Gasteiger partial charge >= 0.3 is 0 Å². The van der Waals surface area contributed by atoms with E-state index in [0.29, 0.717) is 18.4 Å². The van der Waals surface area contributed by atoms with Crippen LogP contribution >= 0.6 is 0 Å². The fourth-order valence-electron chi connectivity index (χ4n) is 2.77. The molecule has 0 radical (unpaired) electrons. The number of nitrogens with one attached hydrogen (secondary N) is 1. The molecule has 118 valence electrons. The lowest BCUT2D eigenvalue weighted by Crippen LogP contribution is -2.31. The van der Waals surface area contributed by atoms with Gasteiger partial charge in [0.15, 0.2) is 0 Å². The topological polar surface area (TPSA) is 68.0 Å². The van der Waals surface area contributed by atoms with Crippen LogP contribution in [0.5, 0.6) is 0 Å². The average molecular weight is 293 g/mol. The van der Waals surface area contributed by atoms with E-state index in [0.717, 1.165) is 24.7 Å². The predicted molar refractivity (Wildman–Crippen MR) is 81.0 cm³/mol. The number of nitrogens with zero attached hydrogens (tertiary/aromatic N) is 2. The first-order chi connectivity index (χ1) is 9.82. The minimum absolute atomic E-state index is 0.138. The van der Waals surface area contributed by atoms with E-state index in [1.165, 1.54) is 6.42 Å². The van der Waals surface area contributed by atoms with Crippen molar-refractivity contribution in [2.75, 3.05) is 6.54 Å². The zero-order valence-electron chi connectivity index (χ0n) is 13.8. The Balaban J connectivity index is 1.90. The summed E-state index contributed by atoms with van der Waals surface area (Å²) < 4.78 is 5.16. The SMILES string of the molecule is CCCC(CNC(=O)c1noc(C(C)(C)C)n1)C1CC1C. The van der Waals surface area contributed by atoms with E-state index in [1.54, 1.807) is 0 Å². The highest BCUT2D eigenvalue weighted by Gasteiger charge is 2.38. The lowest BCUT2D eigenvalue weighted by atomic mass is 9.96. The van der Waals surface area contributed by atoms with Gasteiger partial charge in [-0.25, -0.2) is 0 Å². The molecule has 1 aliphatic carbocycles. The highest BCUT2D eigenvalue weighted by molar-refractivity contribution is 5.90. The van der Waals surface area contributed by atoms with Gasteiger partial charge in [0.05, 0.1) is 0 Å². The van der Waals surface area contributed by atoms with E-state index < -0.39 is 0 Å². The lowest BCUT2D eigenvalue weighted by Gasteiger charge is -2.16. The molecule has 0 aromatic carbocycles. The monoisotopic (exact) mass is 293 g/mol. The highest BCUT2D eigenvalue weighted by atomic mass is 16.5. The number of carbonyl (C=O) groups excluding carboxylic acids is 1. The maximum absolute atomic E-state index is 12.1. The van der Waals surface area contributed by atoms with Crippen LogP contribution in [0, 0.1) is 17.8 Å². The second-order valence-corrected chi connectivity index (χ2v) is 7.31. The van der Waals surface area contributed by atoms with Crippen molar-refractivity contribution in [2.45, 2.75) is 59.3 Å². The molecule has 1 aromatic heterocycles. The van der Waals surface area contributed by atoms with Crippen molar-refractivity contribution >= 4 is 5.91 Å². The molecule has 0 aliphatic heterocycles. The number of rotatable bonds is 6. The van der Waals surface area contributed by atoms with Crippen molar-refractivity contribution in [3.8, 4) is 0 Å². The third-order valence-corrected chi connectivity index (χ3v) is 4.23. The van der Waals surface area contributed by atoms with Gasteiger partial charge in [0.25, 0.3) is 11.7 Å². The van der Waals surface area contributed by atoms with Crippen LogP contribution < -0.4 is 5.32 Å². The molecule has 1 fully saturated rings. The van der Waals surface area contributed by atoms with Crippen LogP contribution in [-0.2, 0) is 5.41 Å². The standard InChI is InChI=1S/C16H27N3O2/c1-6-7-11(12-8-10(12)2)9-17-14(20)13-18-15(21-19-13)16(3,4)5/h10-12H,6-9H2,1-5H3,(H,17,20). The Bertz CT molecular complexity index is 490. The van der Waals surface area contributed by atoms with Gasteiger partial charge in [-0.15, -0.1) is 0 Å². The fourth-order valence-corrected chi connectivity index (χ4v) is 2.77. The molecule has 1 saturated carbocycles. The van der Waals surface area contributed by atoms with E-state index in [-0.39, 0.29) is 17.1 Å². The van der Waals surface area contributed by atoms with Crippen LogP contribution in [0.4, 0.5) is 0 Å². The van der Waals surface area contributed by atoms with Crippen molar-refractivity contribution in [1.82, 2.24) is 15.5 Å². The second kappa shape index (κ2) is 6.16. The zero-order valence-corrected chi connectivity index (χ0v) is 13.8. The molecule has 1 aliphatic rings. The molecule has 1 amide bonds. The van der Waals surface area contributed by atoms with Gasteiger partial charge in [-0.1, -0.05) is 46.2 Å². The third kappa shape index (κ3) is 4.05. The van der Waals surface area contributed by atoms with Crippen LogP contribution in [0.15, 0.2) is 4.52 Å². The first kappa shape index (κ1) is 16.0. The smallest absolute Gasteiger partial charge is 0.292 e. The molecule has 0 bridgehead atoms. The van der Waals surface area contributed by atoms with Crippen molar-refractivity contribution in [3.05, 3.63) is 11.7 Å². The summed E-state index contributed by atoms with van der Waals surface area (Å²) in [6, 6.07) is 0. The predicted octanol–water partition coefficient (Wildman–Crippen LogP) is 3.17. The van der Waals surface area contributed by atoms with Crippen molar-refractivity contribution in [1.29, 1.82) is 0 Å². The fraction of sp³-hybridized carbons (Fsp3) is 0.812. The van der Waals surface area contributed by atoms with Crippen molar-refractivity contribution < 1.29 is 9.32 Å². The molecule has 5 nitrogen and oxygen atoms in total. The van der Waals surface area contributed by atoms with Crippen LogP contribution in [0.2, 0.25) is 0 Å². The number of aromatic nitrogens is 2. The molecule has 0 saturated heterocycles. The van der Waals surface area contributed by atoms with Crippen LogP contribution in [0.1, 0.15) is 70.4 Å². The van der Waals surface area contributed by atoms with Gasteiger partial charge < -0.3 is 9.84 Å². The van der Waals surface area contributed by atoms with Gasteiger partial charge in [0, 0.05) is 12.0 Å². The Morgan fingerprint density at radius 2 is 2.14 bits per heavy atom. The summed E-state index contributed by atoms with van der Waals surface area (Å²) in [6.07, 6.45) is 3.60. The molecule has 2 rings (SSSR count). The Hall–Kier alpha value is -1.39. The molecule has 21 heavy (non-hydrogen) atoms. The van der Waals surface area contributed by atoms with Gasteiger partial charge in [-0.05, 0) is 30.6 Å². The van der Waals surface area contributed by atoms with E-state index in [1.807, 2.05) is 20.8 Å². The Morgan fingerprint density at radius 1 is 1.48 bits per heavy atom. The van der Waals surface area contributed by atoms with Crippen LogP contribution in [-0.4, -0.2) is 22.6 Å². The Morgan fingerprint density at radius 3 is 2.62 bits per heavy atom. The molecule has 1 aromatic rings. The normalized spacial score (nSPS) is 22.9. The number of hydrogen-bond donors (Lipinski definition) is 1. The summed E-state index contributed by atoms with van der Waals surface area (Å²) in [7, 11) is 0. The number of hydrogen-bond acceptors (Lipinski definition) is 4. The quantitative estimate of drug-likeness (QED) is 0.874. The van der Waals surface area contributed by atoms with Crippen LogP contribution in [0.25, 0.3) is 0 Å². The number of amides is 1. The van der Waals surface area contributed by atoms with E-state index in [4.69, 9.17) is 4.52 Å². The van der Waals surface area contributed by atoms with Gasteiger partial charge in [-0.2, -0.15) is 4.98 Å². The minimum Gasteiger partial charge on any atom is -0.349 e. The number of carbonyl (C=O) groups is 1. The summed E-state index contributed by atoms with van der Waals surface area (Å²) in [4.78, 5) is 16.3. The first-order valence-electron chi connectivity index (χ1n) is 7.95. The molecule has 1 heterocycles. The van der Waals surface area contributed by atoms with Crippen molar-refractivity contribution in [3.63, 3.8) is 0 Å². The molecule has 1 N–H and O–H groups in total. The van der Waals surface area contributed by atoms with E-state index in [9.17, 15) is 4.79 Å². The van der Waals surface area contributed by atoms with Gasteiger partial charge in [-0.3, -0.25) is 4.79 Å². The average Bonchev–Trinajstić information content (AvgIpc) is 2.93. The van der Waals surface area contributed by atoms with Gasteiger partial charge in [0.1, 0.15) is 0 Å². The highest BCUT2D eigenvalue weighted by Crippen LogP contribution is 2.45. The molecule has 5 heteroatoms. The molecule has 0 spiro atoms.